The Kier molecular flexibility index (Phi) is 3.30. The van der Waals surface area contributed by atoms with Gasteiger partial charge in [0.05, 0.1) is 0 Å². The highest BCUT2D eigenvalue weighted by atomic mass is 14.2. The van der Waals surface area contributed by atoms with Crippen LogP contribution in [0.25, 0.3) is 11.1 Å². The van der Waals surface area contributed by atoms with Gasteiger partial charge in [0.2, 0.25) is 0 Å². The lowest BCUT2D eigenvalue weighted by atomic mass is 9.87. The molecule has 2 rings (SSSR count). The van der Waals surface area contributed by atoms with E-state index in [-0.39, 0.29) is 0 Å². The molecular weight excluding hydrogens is 216 g/mol. The molecule has 94 valence electrons. The summed E-state index contributed by atoms with van der Waals surface area (Å²) in [6.07, 6.45) is 0. The normalized spacial score (nSPS) is 10.8. The van der Waals surface area contributed by atoms with Gasteiger partial charge in [-0.25, -0.2) is 0 Å². The zero-order chi connectivity index (χ0) is 13.4. The summed E-state index contributed by atoms with van der Waals surface area (Å²) in [6, 6.07) is 9.03. The first kappa shape index (κ1) is 12.9. The number of hydrogen-bond acceptors (Lipinski definition) is 0. The van der Waals surface area contributed by atoms with Crippen molar-refractivity contribution in [3.8, 4) is 11.1 Å². The van der Waals surface area contributed by atoms with Crippen molar-refractivity contribution in [3.05, 3.63) is 57.6 Å². The summed E-state index contributed by atoms with van der Waals surface area (Å²) in [7, 11) is 0. The van der Waals surface area contributed by atoms with Gasteiger partial charge in [-0.1, -0.05) is 29.8 Å². The van der Waals surface area contributed by atoms with Crippen LogP contribution in [0.1, 0.15) is 33.4 Å². The molecule has 0 aliphatic rings. The lowest BCUT2D eigenvalue weighted by molar-refractivity contribution is 1.23. The third kappa shape index (κ3) is 2.08. The third-order valence-corrected chi connectivity index (χ3v) is 4.02. The summed E-state index contributed by atoms with van der Waals surface area (Å²) in [5, 5.41) is 0. The van der Waals surface area contributed by atoms with Crippen molar-refractivity contribution in [1.29, 1.82) is 0 Å². The fourth-order valence-electron chi connectivity index (χ4n) is 2.71. The molecule has 0 aliphatic heterocycles. The maximum atomic E-state index is 2.29. The molecule has 0 heteroatoms. The van der Waals surface area contributed by atoms with Crippen LogP contribution >= 0.6 is 0 Å². The van der Waals surface area contributed by atoms with Gasteiger partial charge in [-0.2, -0.15) is 0 Å². The zero-order valence-corrected chi connectivity index (χ0v) is 12.3. The van der Waals surface area contributed by atoms with Crippen molar-refractivity contribution in [1.82, 2.24) is 0 Å². The Labute approximate surface area is 111 Å². The highest BCUT2D eigenvalue weighted by molar-refractivity contribution is 5.76. The Balaban J connectivity index is 2.78. The molecule has 0 radical (unpaired) electrons. The lowest BCUT2D eigenvalue weighted by Gasteiger charge is -2.17. The van der Waals surface area contributed by atoms with Gasteiger partial charge >= 0.3 is 0 Å². The number of benzene rings is 2. The molecule has 0 saturated carbocycles. The second-order valence-corrected chi connectivity index (χ2v) is 5.45. The summed E-state index contributed by atoms with van der Waals surface area (Å²) in [6.45, 7) is 13.2. The minimum Gasteiger partial charge on any atom is -0.0587 e. The van der Waals surface area contributed by atoms with E-state index in [9.17, 15) is 0 Å². The van der Waals surface area contributed by atoms with Gasteiger partial charge in [0.25, 0.3) is 0 Å². The van der Waals surface area contributed by atoms with Crippen LogP contribution < -0.4 is 0 Å². The van der Waals surface area contributed by atoms with E-state index in [2.05, 4.69) is 65.8 Å². The van der Waals surface area contributed by atoms with Crippen molar-refractivity contribution in [2.75, 3.05) is 0 Å². The van der Waals surface area contributed by atoms with Crippen LogP contribution in [-0.4, -0.2) is 0 Å². The number of aryl methyl sites for hydroxylation is 4. The number of hydrogen-bond donors (Lipinski definition) is 0. The van der Waals surface area contributed by atoms with E-state index in [0.717, 1.165) is 0 Å². The quantitative estimate of drug-likeness (QED) is 0.640. The van der Waals surface area contributed by atoms with E-state index in [0.29, 0.717) is 0 Å². The fraction of sp³-hybridized carbons (Fsp3) is 0.333. The van der Waals surface area contributed by atoms with Crippen molar-refractivity contribution < 1.29 is 0 Å². The first-order chi connectivity index (χ1) is 8.41. The van der Waals surface area contributed by atoms with Crippen molar-refractivity contribution in [2.24, 2.45) is 0 Å². The van der Waals surface area contributed by atoms with Crippen LogP contribution in [0.15, 0.2) is 24.3 Å². The van der Waals surface area contributed by atoms with E-state index >= 15 is 0 Å². The minimum absolute atomic E-state index is 1.33. The van der Waals surface area contributed by atoms with Gasteiger partial charge in [0.15, 0.2) is 0 Å². The molecule has 2 aromatic carbocycles. The molecule has 0 unspecified atom stereocenters. The molecule has 0 bridgehead atoms. The fourth-order valence-corrected chi connectivity index (χ4v) is 2.71. The predicted octanol–water partition coefficient (Wildman–Crippen LogP) is 5.20. The van der Waals surface area contributed by atoms with Gasteiger partial charge < -0.3 is 0 Å². The van der Waals surface area contributed by atoms with Crippen LogP contribution in [0.4, 0.5) is 0 Å². The lowest BCUT2D eigenvalue weighted by Crippen LogP contribution is -1.96. The molecule has 0 fully saturated rings. The van der Waals surface area contributed by atoms with Crippen molar-refractivity contribution in [3.63, 3.8) is 0 Å². The number of rotatable bonds is 1. The maximum absolute atomic E-state index is 2.29. The van der Waals surface area contributed by atoms with Crippen LogP contribution in [0, 0.1) is 41.5 Å². The first-order valence-corrected chi connectivity index (χ1v) is 6.57. The SMILES string of the molecule is Cc1ccc(-c2c(C)c(C)cc(C)c2C)c(C)c1. The molecule has 0 spiro atoms. The highest BCUT2D eigenvalue weighted by Crippen LogP contribution is 2.33. The average molecular weight is 238 g/mol. The standard InChI is InChI=1S/C18H22/c1-11-7-8-17(14(4)9-11)18-15(5)12(2)10-13(3)16(18)6/h7-10H,1-6H3. The molecule has 0 amide bonds. The molecule has 0 N–H and O–H groups in total. The van der Waals surface area contributed by atoms with E-state index in [1.165, 1.54) is 44.5 Å². The molecule has 0 atom stereocenters. The Hall–Kier alpha value is -1.56. The van der Waals surface area contributed by atoms with E-state index in [1.54, 1.807) is 0 Å². The second kappa shape index (κ2) is 4.61. The van der Waals surface area contributed by atoms with Crippen molar-refractivity contribution >= 4 is 0 Å². The van der Waals surface area contributed by atoms with Crippen molar-refractivity contribution in [2.45, 2.75) is 41.5 Å². The first-order valence-electron chi connectivity index (χ1n) is 6.57. The van der Waals surface area contributed by atoms with Gasteiger partial charge in [0, 0.05) is 0 Å². The van der Waals surface area contributed by atoms with Crippen LogP contribution in [0.5, 0.6) is 0 Å². The average Bonchev–Trinajstić information content (AvgIpc) is 2.29. The van der Waals surface area contributed by atoms with E-state index in [1.807, 2.05) is 0 Å². The molecule has 0 saturated heterocycles. The highest BCUT2D eigenvalue weighted by Gasteiger charge is 2.12. The summed E-state index contributed by atoms with van der Waals surface area (Å²) < 4.78 is 0. The molecule has 0 aromatic heterocycles. The smallest absolute Gasteiger partial charge is 0.0117 e. The summed E-state index contributed by atoms with van der Waals surface area (Å²) >= 11 is 0. The molecule has 0 nitrogen and oxygen atoms in total. The zero-order valence-electron chi connectivity index (χ0n) is 12.3. The summed E-state index contributed by atoms with van der Waals surface area (Å²) in [5.74, 6) is 0. The van der Waals surface area contributed by atoms with Gasteiger partial charge in [0.1, 0.15) is 0 Å². The van der Waals surface area contributed by atoms with Gasteiger partial charge in [-0.05, 0) is 80.5 Å². The topological polar surface area (TPSA) is 0 Å². The Morgan fingerprint density at radius 2 is 1.17 bits per heavy atom. The Morgan fingerprint density at radius 1 is 0.611 bits per heavy atom. The Morgan fingerprint density at radius 3 is 1.67 bits per heavy atom. The summed E-state index contributed by atoms with van der Waals surface area (Å²) in [5.41, 5.74) is 11.1. The van der Waals surface area contributed by atoms with Crippen LogP contribution in [0.3, 0.4) is 0 Å². The van der Waals surface area contributed by atoms with E-state index < -0.39 is 0 Å². The van der Waals surface area contributed by atoms with Gasteiger partial charge in [-0.15, -0.1) is 0 Å². The molecular formula is C18H22. The van der Waals surface area contributed by atoms with E-state index in [4.69, 9.17) is 0 Å². The monoisotopic (exact) mass is 238 g/mol. The Bertz CT molecular complexity index is 578. The molecule has 0 aliphatic carbocycles. The van der Waals surface area contributed by atoms with Gasteiger partial charge in [-0.3, -0.25) is 0 Å². The second-order valence-electron chi connectivity index (χ2n) is 5.45. The van der Waals surface area contributed by atoms with Crippen LogP contribution in [0.2, 0.25) is 0 Å². The van der Waals surface area contributed by atoms with Crippen LogP contribution in [-0.2, 0) is 0 Å². The molecule has 18 heavy (non-hydrogen) atoms. The minimum atomic E-state index is 1.33. The summed E-state index contributed by atoms with van der Waals surface area (Å²) in [4.78, 5) is 0. The largest absolute Gasteiger partial charge is 0.0587 e. The molecule has 0 heterocycles. The predicted molar refractivity (Wildman–Crippen MR) is 80.3 cm³/mol. The maximum Gasteiger partial charge on any atom is -0.0117 e. The molecule has 2 aromatic rings. The third-order valence-electron chi connectivity index (χ3n) is 4.02.